The van der Waals surface area contributed by atoms with Crippen LogP contribution in [0.15, 0.2) is 0 Å². The number of unbranched alkanes of at least 4 members (excludes halogenated alkanes) is 4. The summed E-state index contributed by atoms with van der Waals surface area (Å²) in [5.74, 6) is -1.27. The van der Waals surface area contributed by atoms with Crippen molar-refractivity contribution >= 4 is 24.4 Å². The van der Waals surface area contributed by atoms with Gasteiger partial charge in [0.2, 0.25) is 0 Å². The molecular formula is C14H27NO3S. The van der Waals surface area contributed by atoms with Gasteiger partial charge in [-0.1, -0.05) is 19.3 Å². The van der Waals surface area contributed by atoms with Gasteiger partial charge in [0.15, 0.2) is 0 Å². The van der Waals surface area contributed by atoms with E-state index in [4.69, 9.17) is 5.11 Å². The van der Waals surface area contributed by atoms with E-state index in [1.165, 1.54) is 12.8 Å². The maximum Gasteiger partial charge on any atom is 0.307 e. The third-order valence-corrected chi connectivity index (χ3v) is 3.55. The van der Waals surface area contributed by atoms with Crippen LogP contribution in [-0.2, 0) is 9.59 Å². The van der Waals surface area contributed by atoms with E-state index in [1.54, 1.807) is 0 Å². The Morgan fingerprint density at radius 3 is 2.21 bits per heavy atom. The molecule has 0 aliphatic rings. The van der Waals surface area contributed by atoms with Gasteiger partial charge in [0.1, 0.15) is 5.78 Å². The number of ketones is 1. The minimum Gasteiger partial charge on any atom is -0.481 e. The monoisotopic (exact) mass is 289 g/mol. The number of carbonyl (C=O) groups excluding carboxylic acids is 1. The van der Waals surface area contributed by atoms with E-state index in [-0.39, 0.29) is 18.0 Å². The van der Waals surface area contributed by atoms with Gasteiger partial charge in [-0.2, -0.15) is 12.6 Å². The fraction of sp³-hybridized carbons (Fsp3) is 0.857. The third kappa shape index (κ3) is 11.0. The molecule has 1 atom stereocenters. The quantitative estimate of drug-likeness (QED) is 0.428. The fourth-order valence-corrected chi connectivity index (χ4v) is 2.17. The van der Waals surface area contributed by atoms with Gasteiger partial charge in [-0.25, -0.2) is 0 Å². The molecule has 0 amide bonds. The first-order valence-corrected chi connectivity index (χ1v) is 7.60. The van der Waals surface area contributed by atoms with Crippen LogP contribution >= 0.6 is 12.6 Å². The lowest BCUT2D eigenvalue weighted by Gasteiger charge is -2.09. The molecule has 0 aromatic carbocycles. The topological polar surface area (TPSA) is 57.6 Å². The van der Waals surface area contributed by atoms with Crippen LogP contribution in [0.1, 0.15) is 44.9 Å². The third-order valence-electron chi connectivity index (χ3n) is 3.10. The average molecular weight is 289 g/mol. The van der Waals surface area contributed by atoms with E-state index in [9.17, 15) is 9.59 Å². The summed E-state index contributed by atoms with van der Waals surface area (Å²) < 4.78 is 0. The second-order valence-corrected chi connectivity index (χ2v) is 5.65. The largest absolute Gasteiger partial charge is 0.481 e. The summed E-state index contributed by atoms with van der Waals surface area (Å²) in [6.45, 7) is 1.11. The van der Waals surface area contributed by atoms with Gasteiger partial charge in [-0.15, -0.1) is 0 Å². The van der Waals surface area contributed by atoms with Crippen molar-refractivity contribution in [3.05, 3.63) is 0 Å². The van der Waals surface area contributed by atoms with Gasteiger partial charge in [-0.05, 0) is 33.5 Å². The number of carboxylic acids is 1. The smallest absolute Gasteiger partial charge is 0.307 e. The van der Waals surface area contributed by atoms with Crippen molar-refractivity contribution in [1.29, 1.82) is 0 Å². The number of Topliss-reactive ketones (excluding diaryl/α,β-unsaturated/α-hetero) is 1. The Morgan fingerprint density at radius 2 is 1.68 bits per heavy atom. The molecule has 19 heavy (non-hydrogen) atoms. The zero-order valence-corrected chi connectivity index (χ0v) is 13.0. The Labute approximate surface area is 122 Å². The highest BCUT2D eigenvalue weighted by atomic mass is 32.1. The summed E-state index contributed by atoms with van der Waals surface area (Å²) >= 11 is 3.96. The maximum atomic E-state index is 11.6. The Morgan fingerprint density at radius 1 is 1.11 bits per heavy atom. The van der Waals surface area contributed by atoms with Crippen molar-refractivity contribution in [2.75, 3.05) is 26.4 Å². The highest BCUT2D eigenvalue weighted by Crippen LogP contribution is 2.11. The molecule has 0 fully saturated rings. The molecule has 112 valence electrons. The number of hydrogen-bond donors (Lipinski definition) is 2. The van der Waals surface area contributed by atoms with Gasteiger partial charge in [0, 0.05) is 18.6 Å². The molecule has 0 aromatic heterocycles. The highest BCUT2D eigenvalue weighted by molar-refractivity contribution is 7.80. The van der Waals surface area contributed by atoms with Crippen LogP contribution in [0.4, 0.5) is 0 Å². The average Bonchev–Trinajstić information content (AvgIpc) is 2.34. The summed E-state index contributed by atoms with van der Waals surface area (Å²) in [7, 11) is 4.14. The zero-order chi connectivity index (χ0) is 14.7. The molecule has 0 saturated heterocycles. The predicted octanol–water partition coefficient (Wildman–Crippen LogP) is 2.48. The van der Waals surface area contributed by atoms with Crippen molar-refractivity contribution in [3.8, 4) is 0 Å². The Bertz CT molecular complexity index is 269. The summed E-state index contributed by atoms with van der Waals surface area (Å²) in [6.07, 6.45) is 6.10. The molecule has 0 aromatic rings. The van der Waals surface area contributed by atoms with E-state index < -0.39 is 11.9 Å². The van der Waals surface area contributed by atoms with Gasteiger partial charge < -0.3 is 10.0 Å². The number of thiol groups is 1. The lowest BCUT2D eigenvalue weighted by Crippen LogP contribution is -2.19. The minimum atomic E-state index is -0.924. The molecule has 0 rings (SSSR count). The highest BCUT2D eigenvalue weighted by Gasteiger charge is 2.18. The molecule has 1 N–H and O–H groups in total. The van der Waals surface area contributed by atoms with E-state index in [0.29, 0.717) is 6.42 Å². The molecule has 0 heterocycles. The molecule has 0 bridgehead atoms. The number of carbonyl (C=O) groups is 2. The second-order valence-electron chi connectivity index (χ2n) is 5.28. The number of carboxylic acid groups (broad SMARTS) is 1. The van der Waals surface area contributed by atoms with Crippen LogP contribution in [0.3, 0.4) is 0 Å². The zero-order valence-electron chi connectivity index (χ0n) is 12.1. The Hall–Kier alpha value is -0.550. The number of rotatable bonds is 12. The molecule has 4 nitrogen and oxygen atoms in total. The molecule has 0 saturated carbocycles. The first-order chi connectivity index (χ1) is 8.97. The number of nitrogens with zero attached hydrogens (tertiary/aromatic N) is 1. The summed E-state index contributed by atoms with van der Waals surface area (Å²) in [5.41, 5.74) is 0. The SMILES string of the molecule is CN(C)CCCCCCCC(=O)CC(CS)C(=O)O. The van der Waals surface area contributed by atoms with E-state index in [1.807, 2.05) is 0 Å². The molecule has 0 spiro atoms. The van der Waals surface area contributed by atoms with Gasteiger partial charge >= 0.3 is 5.97 Å². The molecule has 1 unspecified atom stereocenters. The normalized spacial score (nSPS) is 12.6. The Kier molecular flexibility index (Phi) is 11.0. The maximum absolute atomic E-state index is 11.6. The van der Waals surface area contributed by atoms with Crippen LogP contribution < -0.4 is 0 Å². The van der Waals surface area contributed by atoms with Crippen LogP contribution in [0, 0.1) is 5.92 Å². The van der Waals surface area contributed by atoms with E-state index in [2.05, 4.69) is 31.6 Å². The predicted molar refractivity (Wildman–Crippen MR) is 80.9 cm³/mol. The second kappa shape index (κ2) is 11.3. The summed E-state index contributed by atoms with van der Waals surface area (Å²) in [6, 6.07) is 0. The standard InChI is InChI=1S/C14H27NO3S/c1-15(2)9-7-5-3-4-6-8-13(16)10-12(11-19)14(17)18/h12,19H,3-11H2,1-2H3,(H,17,18). The molecular weight excluding hydrogens is 262 g/mol. The first kappa shape index (κ1) is 18.4. The van der Waals surface area contributed by atoms with Crippen LogP contribution in [0.2, 0.25) is 0 Å². The fourth-order valence-electron chi connectivity index (χ4n) is 1.89. The molecule has 5 heteroatoms. The van der Waals surface area contributed by atoms with E-state index >= 15 is 0 Å². The summed E-state index contributed by atoms with van der Waals surface area (Å²) in [5, 5.41) is 8.83. The number of hydrogen-bond acceptors (Lipinski definition) is 4. The van der Waals surface area contributed by atoms with Crippen molar-refractivity contribution in [2.24, 2.45) is 5.92 Å². The molecule has 0 aliphatic carbocycles. The van der Waals surface area contributed by atoms with Crippen LogP contribution in [0.25, 0.3) is 0 Å². The van der Waals surface area contributed by atoms with E-state index in [0.717, 1.165) is 25.8 Å². The van der Waals surface area contributed by atoms with Crippen molar-refractivity contribution in [1.82, 2.24) is 4.90 Å². The van der Waals surface area contributed by atoms with Gasteiger partial charge in [-0.3, -0.25) is 9.59 Å². The molecule has 0 radical (unpaired) electrons. The van der Waals surface area contributed by atoms with Crippen molar-refractivity contribution in [2.45, 2.75) is 44.9 Å². The van der Waals surface area contributed by atoms with Crippen molar-refractivity contribution in [3.63, 3.8) is 0 Å². The van der Waals surface area contributed by atoms with Gasteiger partial charge in [0.05, 0.1) is 5.92 Å². The molecule has 0 aliphatic heterocycles. The number of aliphatic carboxylic acids is 1. The first-order valence-electron chi connectivity index (χ1n) is 6.97. The van der Waals surface area contributed by atoms with Crippen molar-refractivity contribution < 1.29 is 14.7 Å². The van der Waals surface area contributed by atoms with Gasteiger partial charge in [0.25, 0.3) is 0 Å². The minimum absolute atomic E-state index is 0.0507. The Balaban J connectivity index is 3.51. The summed E-state index contributed by atoms with van der Waals surface area (Å²) in [4.78, 5) is 24.5. The lowest BCUT2D eigenvalue weighted by atomic mass is 10.0. The van der Waals surface area contributed by atoms with Crippen LogP contribution in [-0.4, -0.2) is 48.2 Å². The van der Waals surface area contributed by atoms with Crippen LogP contribution in [0.5, 0.6) is 0 Å². The lowest BCUT2D eigenvalue weighted by molar-refractivity contribution is -0.142.